The van der Waals surface area contributed by atoms with E-state index in [0.29, 0.717) is 4.58 Å². The van der Waals surface area contributed by atoms with Crippen molar-refractivity contribution in [3.8, 4) is 0 Å². The average molecular weight is 296 g/mol. The third-order valence-corrected chi connectivity index (χ3v) is 6.17. The molecule has 0 radical (unpaired) electrons. The smallest absolute Gasteiger partial charge is 0.241 e. The maximum Gasteiger partial charge on any atom is 0.241 e. The van der Waals surface area contributed by atoms with Crippen LogP contribution in [0.1, 0.15) is 24.0 Å². The van der Waals surface area contributed by atoms with Gasteiger partial charge in [-0.15, -0.1) is 23.5 Å². The number of nitrogens with two attached hydrogens (primary N) is 1. The molecule has 1 aliphatic rings. The van der Waals surface area contributed by atoms with Gasteiger partial charge in [0.05, 0.1) is 10.6 Å². The molecule has 3 nitrogen and oxygen atoms in total. The fourth-order valence-electron chi connectivity index (χ4n) is 1.84. The lowest BCUT2D eigenvalue weighted by molar-refractivity contribution is -0.118. The maximum atomic E-state index is 11.9. The van der Waals surface area contributed by atoms with E-state index in [-0.39, 0.29) is 11.8 Å². The second kappa shape index (κ2) is 6.68. The Kier molecular flexibility index (Phi) is 5.19. The Labute approximate surface area is 123 Å². The number of rotatable bonds is 4. The van der Waals surface area contributed by atoms with Gasteiger partial charge in [0.1, 0.15) is 0 Å². The lowest BCUT2D eigenvalue weighted by atomic mass is 10.0. The molecular weight excluding hydrogens is 276 g/mol. The second-order valence-corrected chi connectivity index (χ2v) is 7.68. The molecular formula is C14H20N2OS2. The van der Waals surface area contributed by atoms with Crippen molar-refractivity contribution in [2.75, 3.05) is 16.8 Å². The van der Waals surface area contributed by atoms with Gasteiger partial charge < -0.3 is 11.1 Å². The molecule has 5 heteroatoms. The maximum absolute atomic E-state index is 11.9. The number of carbonyl (C=O) groups is 1. The standard InChI is InChI=1S/C14H20N2OS2/c1-9(2)12(15)13(17)16-11-5-3-4-10(8-11)14-18-6-7-19-14/h3-5,8-9,12,14H,6-7,15H2,1-2H3,(H,16,17)/t12-/m0/s1. The summed E-state index contributed by atoms with van der Waals surface area (Å²) in [6.07, 6.45) is 0. The van der Waals surface area contributed by atoms with Crippen LogP contribution in [0.3, 0.4) is 0 Å². The van der Waals surface area contributed by atoms with Gasteiger partial charge in [0, 0.05) is 17.2 Å². The van der Waals surface area contributed by atoms with Crippen LogP contribution >= 0.6 is 23.5 Å². The fourth-order valence-corrected chi connectivity index (χ4v) is 4.68. The number of nitrogens with one attached hydrogen (secondary N) is 1. The molecule has 19 heavy (non-hydrogen) atoms. The molecule has 3 N–H and O–H groups in total. The van der Waals surface area contributed by atoms with Crippen molar-refractivity contribution in [2.45, 2.75) is 24.5 Å². The van der Waals surface area contributed by atoms with Gasteiger partial charge in [-0.25, -0.2) is 0 Å². The summed E-state index contributed by atoms with van der Waals surface area (Å²) in [5, 5.41) is 2.90. The second-order valence-electron chi connectivity index (χ2n) is 4.96. The van der Waals surface area contributed by atoms with Crippen LogP contribution in [0.4, 0.5) is 5.69 Å². The lowest BCUT2D eigenvalue weighted by Crippen LogP contribution is -2.39. The molecule has 1 atom stereocenters. The van der Waals surface area contributed by atoms with Crippen LogP contribution in [0.15, 0.2) is 24.3 Å². The van der Waals surface area contributed by atoms with Crippen molar-refractivity contribution < 1.29 is 4.79 Å². The quantitative estimate of drug-likeness (QED) is 0.896. The van der Waals surface area contributed by atoms with Crippen molar-refractivity contribution in [1.82, 2.24) is 0 Å². The van der Waals surface area contributed by atoms with E-state index in [1.54, 1.807) is 0 Å². The minimum Gasteiger partial charge on any atom is -0.325 e. The predicted octanol–water partition coefficient (Wildman–Crippen LogP) is 3.09. The van der Waals surface area contributed by atoms with Crippen LogP contribution in [0.5, 0.6) is 0 Å². The van der Waals surface area contributed by atoms with E-state index in [9.17, 15) is 4.79 Å². The Morgan fingerprint density at radius 3 is 2.68 bits per heavy atom. The van der Waals surface area contributed by atoms with E-state index in [1.165, 1.54) is 17.1 Å². The number of anilines is 1. The van der Waals surface area contributed by atoms with E-state index < -0.39 is 6.04 Å². The predicted molar refractivity (Wildman–Crippen MR) is 85.5 cm³/mol. The molecule has 1 aromatic carbocycles. The molecule has 1 saturated heterocycles. The van der Waals surface area contributed by atoms with E-state index in [1.807, 2.05) is 49.5 Å². The van der Waals surface area contributed by atoms with Gasteiger partial charge in [0.15, 0.2) is 0 Å². The highest BCUT2D eigenvalue weighted by Crippen LogP contribution is 2.45. The molecule has 0 bridgehead atoms. The summed E-state index contributed by atoms with van der Waals surface area (Å²) < 4.78 is 0.496. The number of amides is 1. The third kappa shape index (κ3) is 3.91. The van der Waals surface area contributed by atoms with Gasteiger partial charge in [-0.1, -0.05) is 26.0 Å². The molecule has 2 rings (SSSR count). The summed E-state index contributed by atoms with van der Waals surface area (Å²) in [5.41, 5.74) is 7.95. The lowest BCUT2D eigenvalue weighted by Gasteiger charge is -2.16. The van der Waals surface area contributed by atoms with Crippen LogP contribution in [-0.4, -0.2) is 23.5 Å². The first-order chi connectivity index (χ1) is 9.08. The Bertz CT molecular complexity index is 445. The van der Waals surface area contributed by atoms with Crippen molar-refractivity contribution in [3.05, 3.63) is 29.8 Å². The Balaban J connectivity index is 2.04. The SMILES string of the molecule is CC(C)[C@H](N)C(=O)Nc1cccc(C2SCCS2)c1. The van der Waals surface area contributed by atoms with Crippen molar-refractivity contribution >= 4 is 35.1 Å². The number of hydrogen-bond acceptors (Lipinski definition) is 4. The van der Waals surface area contributed by atoms with Crippen LogP contribution in [0.25, 0.3) is 0 Å². The summed E-state index contributed by atoms with van der Waals surface area (Å²) in [6, 6.07) is 7.62. The molecule has 1 aliphatic heterocycles. The van der Waals surface area contributed by atoms with E-state index in [2.05, 4.69) is 17.4 Å². The Hall–Kier alpha value is -0.650. The molecule has 0 aromatic heterocycles. The van der Waals surface area contributed by atoms with E-state index in [0.717, 1.165) is 5.69 Å². The summed E-state index contributed by atoms with van der Waals surface area (Å²) in [7, 11) is 0. The fraction of sp³-hybridized carbons (Fsp3) is 0.500. The van der Waals surface area contributed by atoms with Crippen molar-refractivity contribution in [3.63, 3.8) is 0 Å². The average Bonchev–Trinajstić information content (AvgIpc) is 2.91. The molecule has 0 unspecified atom stereocenters. The summed E-state index contributed by atoms with van der Waals surface area (Å²) in [4.78, 5) is 11.9. The minimum absolute atomic E-state index is 0.112. The van der Waals surface area contributed by atoms with Crippen molar-refractivity contribution in [2.24, 2.45) is 11.7 Å². The van der Waals surface area contributed by atoms with Gasteiger partial charge in [0.2, 0.25) is 5.91 Å². The number of carbonyl (C=O) groups excluding carboxylic acids is 1. The first-order valence-corrected chi connectivity index (χ1v) is 8.57. The van der Waals surface area contributed by atoms with Crippen molar-refractivity contribution in [1.29, 1.82) is 0 Å². The third-order valence-electron chi connectivity index (χ3n) is 3.07. The largest absolute Gasteiger partial charge is 0.325 e. The monoisotopic (exact) mass is 296 g/mol. The topological polar surface area (TPSA) is 55.1 Å². The first-order valence-electron chi connectivity index (χ1n) is 6.47. The van der Waals surface area contributed by atoms with E-state index in [4.69, 9.17) is 5.73 Å². The van der Waals surface area contributed by atoms with Gasteiger partial charge >= 0.3 is 0 Å². The number of benzene rings is 1. The zero-order valence-electron chi connectivity index (χ0n) is 11.3. The molecule has 1 aromatic rings. The normalized spacial score (nSPS) is 17.7. The zero-order valence-corrected chi connectivity index (χ0v) is 12.9. The van der Waals surface area contributed by atoms with Gasteiger partial charge in [0.25, 0.3) is 0 Å². The van der Waals surface area contributed by atoms with Gasteiger partial charge in [-0.3, -0.25) is 4.79 Å². The minimum atomic E-state index is -0.459. The van der Waals surface area contributed by atoms with Crippen LogP contribution in [0.2, 0.25) is 0 Å². The number of thioether (sulfide) groups is 2. The highest BCUT2D eigenvalue weighted by Gasteiger charge is 2.20. The highest BCUT2D eigenvalue weighted by molar-refractivity contribution is 8.19. The number of hydrogen-bond donors (Lipinski definition) is 2. The van der Waals surface area contributed by atoms with Crippen LogP contribution in [0, 0.1) is 5.92 Å². The molecule has 104 valence electrons. The summed E-state index contributed by atoms with van der Waals surface area (Å²) >= 11 is 3.92. The molecule has 1 fully saturated rings. The molecule has 0 spiro atoms. The highest BCUT2D eigenvalue weighted by atomic mass is 32.2. The molecule has 0 aliphatic carbocycles. The first kappa shape index (κ1) is 14.8. The Morgan fingerprint density at radius 2 is 2.05 bits per heavy atom. The molecule has 0 saturated carbocycles. The van der Waals surface area contributed by atoms with Crippen LogP contribution in [-0.2, 0) is 4.79 Å². The summed E-state index contributed by atoms with van der Waals surface area (Å²) in [5.74, 6) is 2.43. The van der Waals surface area contributed by atoms with E-state index >= 15 is 0 Å². The van der Waals surface area contributed by atoms with Gasteiger partial charge in [-0.2, -0.15) is 0 Å². The van der Waals surface area contributed by atoms with Crippen LogP contribution < -0.4 is 11.1 Å². The molecule has 1 heterocycles. The summed E-state index contributed by atoms with van der Waals surface area (Å²) in [6.45, 7) is 3.90. The molecule has 1 amide bonds. The Morgan fingerprint density at radius 1 is 1.37 bits per heavy atom. The van der Waals surface area contributed by atoms with Gasteiger partial charge in [-0.05, 0) is 23.6 Å². The zero-order chi connectivity index (χ0) is 13.8.